The molecule has 1 atom stereocenters. The summed E-state index contributed by atoms with van der Waals surface area (Å²) in [4.78, 5) is 2.07. The maximum atomic E-state index is 11.8. The van der Waals surface area contributed by atoms with Gasteiger partial charge in [0.15, 0.2) is 0 Å². The van der Waals surface area contributed by atoms with Crippen LogP contribution < -0.4 is 0 Å². The van der Waals surface area contributed by atoms with Crippen LogP contribution in [0.5, 0.6) is 0 Å². The van der Waals surface area contributed by atoms with Crippen LogP contribution in [0.25, 0.3) is 0 Å². The molecule has 1 aliphatic rings. The lowest BCUT2D eigenvalue weighted by Gasteiger charge is -2.10. The maximum absolute atomic E-state index is 11.8. The Hall–Kier alpha value is -0.550. The van der Waals surface area contributed by atoms with Gasteiger partial charge in [-0.2, -0.15) is 0 Å². The molecule has 0 N–H and O–H groups in total. The number of terminal acetylenes is 1. The molecule has 1 nitrogen and oxygen atoms in total. The van der Waals surface area contributed by atoms with Crippen LogP contribution in [0.2, 0.25) is 0 Å². The van der Waals surface area contributed by atoms with Gasteiger partial charge in [0.05, 0.1) is 0 Å². The highest BCUT2D eigenvalue weighted by atomic mass is 19.1. The first kappa shape index (κ1) is 7.56. The monoisotopic (exact) mass is 141 g/mol. The first-order valence-corrected chi connectivity index (χ1v) is 3.61. The van der Waals surface area contributed by atoms with Crippen molar-refractivity contribution in [3.8, 4) is 12.3 Å². The van der Waals surface area contributed by atoms with E-state index in [2.05, 4.69) is 10.8 Å². The predicted molar refractivity (Wildman–Crippen MR) is 39.4 cm³/mol. The standard InChI is InChI=1S/C8H12FN/c1-2-8-3-5-10(7-8)6-4-9/h1,8H,3-7H2. The largest absolute Gasteiger partial charge is 0.299 e. The number of nitrogens with zero attached hydrogens (tertiary/aromatic N) is 1. The Morgan fingerprint density at radius 1 is 1.70 bits per heavy atom. The Kier molecular flexibility index (Phi) is 2.70. The van der Waals surface area contributed by atoms with E-state index in [0.29, 0.717) is 12.5 Å². The lowest BCUT2D eigenvalue weighted by Crippen LogP contribution is -2.22. The van der Waals surface area contributed by atoms with Gasteiger partial charge >= 0.3 is 0 Å². The Morgan fingerprint density at radius 3 is 3.00 bits per heavy atom. The SMILES string of the molecule is C#CC1CCN(CCF)C1. The fourth-order valence-electron chi connectivity index (χ4n) is 1.29. The van der Waals surface area contributed by atoms with Crippen LogP contribution in [0.3, 0.4) is 0 Å². The number of halogens is 1. The van der Waals surface area contributed by atoms with E-state index in [4.69, 9.17) is 6.42 Å². The molecule has 0 aromatic rings. The molecular formula is C8H12FN. The van der Waals surface area contributed by atoms with Gasteiger partial charge in [-0.05, 0) is 13.0 Å². The third kappa shape index (κ3) is 1.71. The minimum atomic E-state index is -0.253. The quantitative estimate of drug-likeness (QED) is 0.517. The summed E-state index contributed by atoms with van der Waals surface area (Å²) in [5, 5.41) is 0. The molecule has 0 aromatic carbocycles. The molecule has 1 saturated heterocycles. The molecule has 56 valence electrons. The number of alkyl halides is 1. The van der Waals surface area contributed by atoms with E-state index in [1.54, 1.807) is 0 Å². The molecule has 1 heterocycles. The highest BCUT2D eigenvalue weighted by molar-refractivity contribution is 4.97. The minimum absolute atomic E-state index is 0.253. The van der Waals surface area contributed by atoms with Gasteiger partial charge in [0.25, 0.3) is 0 Å². The Morgan fingerprint density at radius 2 is 2.50 bits per heavy atom. The van der Waals surface area contributed by atoms with Crippen molar-refractivity contribution in [2.75, 3.05) is 26.3 Å². The van der Waals surface area contributed by atoms with Crippen molar-refractivity contribution in [2.24, 2.45) is 5.92 Å². The fraction of sp³-hybridized carbons (Fsp3) is 0.750. The van der Waals surface area contributed by atoms with Gasteiger partial charge < -0.3 is 0 Å². The summed E-state index contributed by atoms with van der Waals surface area (Å²) in [6.45, 7) is 2.16. The third-order valence-corrected chi connectivity index (χ3v) is 1.91. The summed E-state index contributed by atoms with van der Waals surface area (Å²) in [6, 6.07) is 0. The van der Waals surface area contributed by atoms with E-state index in [9.17, 15) is 4.39 Å². The molecule has 1 fully saturated rings. The van der Waals surface area contributed by atoms with Crippen LogP contribution in [0.1, 0.15) is 6.42 Å². The highest BCUT2D eigenvalue weighted by Crippen LogP contribution is 2.13. The zero-order valence-corrected chi connectivity index (χ0v) is 6.02. The topological polar surface area (TPSA) is 3.24 Å². The molecule has 0 aromatic heterocycles. The van der Waals surface area contributed by atoms with E-state index >= 15 is 0 Å². The summed E-state index contributed by atoms with van der Waals surface area (Å²) in [5.41, 5.74) is 0. The molecule has 10 heavy (non-hydrogen) atoms. The van der Waals surface area contributed by atoms with E-state index in [-0.39, 0.29) is 6.67 Å². The van der Waals surface area contributed by atoms with Crippen molar-refractivity contribution in [2.45, 2.75) is 6.42 Å². The summed E-state index contributed by atoms with van der Waals surface area (Å²) < 4.78 is 11.8. The maximum Gasteiger partial charge on any atom is 0.102 e. The number of hydrogen-bond acceptors (Lipinski definition) is 1. The van der Waals surface area contributed by atoms with Crippen LogP contribution in [0.4, 0.5) is 4.39 Å². The smallest absolute Gasteiger partial charge is 0.102 e. The predicted octanol–water partition coefficient (Wildman–Crippen LogP) is 0.911. The van der Waals surface area contributed by atoms with Crippen LogP contribution in [0, 0.1) is 18.3 Å². The summed E-state index contributed by atoms with van der Waals surface area (Å²) >= 11 is 0. The third-order valence-electron chi connectivity index (χ3n) is 1.91. The summed E-state index contributed by atoms with van der Waals surface area (Å²) in [7, 11) is 0. The molecule has 1 unspecified atom stereocenters. The second-order valence-corrected chi connectivity index (χ2v) is 2.64. The fourth-order valence-corrected chi connectivity index (χ4v) is 1.29. The van der Waals surface area contributed by atoms with Gasteiger partial charge in [-0.3, -0.25) is 4.90 Å². The molecule has 1 aliphatic heterocycles. The van der Waals surface area contributed by atoms with Crippen LogP contribution in [-0.2, 0) is 0 Å². The Balaban J connectivity index is 2.23. The molecule has 2 heteroatoms. The van der Waals surface area contributed by atoms with Crippen LogP contribution in [-0.4, -0.2) is 31.2 Å². The Bertz CT molecular complexity index is 139. The minimum Gasteiger partial charge on any atom is -0.299 e. The lowest BCUT2D eigenvalue weighted by atomic mass is 10.1. The molecule has 0 saturated carbocycles. The molecule has 0 bridgehead atoms. The average molecular weight is 141 g/mol. The van der Waals surface area contributed by atoms with E-state index < -0.39 is 0 Å². The van der Waals surface area contributed by atoms with Crippen molar-refractivity contribution >= 4 is 0 Å². The zero-order valence-electron chi connectivity index (χ0n) is 6.02. The molecule has 0 amide bonds. The molecule has 0 aliphatic carbocycles. The van der Waals surface area contributed by atoms with Gasteiger partial charge in [0.2, 0.25) is 0 Å². The lowest BCUT2D eigenvalue weighted by molar-refractivity contribution is 0.293. The van der Waals surface area contributed by atoms with Crippen LogP contribution >= 0.6 is 0 Å². The normalized spacial score (nSPS) is 26.6. The molecule has 0 radical (unpaired) electrons. The van der Waals surface area contributed by atoms with Gasteiger partial charge in [0.1, 0.15) is 6.67 Å². The van der Waals surface area contributed by atoms with Crippen LogP contribution in [0.15, 0.2) is 0 Å². The molecule has 0 spiro atoms. The number of likely N-dealkylation sites (tertiary alicyclic amines) is 1. The molecule has 1 rings (SSSR count). The summed E-state index contributed by atoms with van der Waals surface area (Å²) in [5.74, 6) is 3.06. The van der Waals surface area contributed by atoms with E-state index in [1.165, 1.54) is 0 Å². The molecular weight excluding hydrogens is 129 g/mol. The van der Waals surface area contributed by atoms with Gasteiger partial charge in [-0.15, -0.1) is 12.3 Å². The first-order valence-electron chi connectivity index (χ1n) is 3.61. The zero-order chi connectivity index (χ0) is 7.40. The van der Waals surface area contributed by atoms with Crippen molar-refractivity contribution in [1.82, 2.24) is 4.90 Å². The first-order chi connectivity index (χ1) is 4.86. The van der Waals surface area contributed by atoms with Crippen molar-refractivity contribution in [3.05, 3.63) is 0 Å². The highest BCUT2D eigenvalue weighted by Gasteiger charge is 2.19. The number of hydrogen-bond donors (Lipinski definition) is 0. The van der Waals surface area contributed by atoms with Crippen molar-refractivity contribution < 1.29 is 4.39 Å². The summed E-state index contributed by atoms with van der Waals surface area (Å²) in [6.07, 6.45) is 6.26. The van der Waals surface area contributed by atoms with Gasteiger partial charge in [-0.25, -0.2) is 4.39 Å². The van der Waals surface area contributed by atoms with Crippen molar-refractivity contribution in [3.63, 3.8) is 0 Å². The van der Waals surface area contributed by atoms with E-state index in [0.717, 1.165) is 19.5 Å². The Labute approximate surface area is 61.2 Å². The van der Waals surface area contributed by atoms with Gasteiger partial charge in [-0.1, -0.05) is 0 Å². The second-order valence-electron chi connectivity index (χ2n) is 2.64. The van der Waals surface area contributed by atoms with Gasteiger partial charge in [0, 0.05) is 19.0 Å². The number of rotatable bonds is 2. The van der Waals surface area contributed by atoms with Crippen molar-refractivity contribution in [1.29, 1.82) is 0 Å². The van der Waals surface area contributed by atoms with E-state index in [1.807, 2.05) is 0 Å². The second kappa shape index (κ2) is 3.58. The average Bonchev–Trinajstić information content (AvgIpc) is 2.37.